The molecule has 0 spiro atoms. The van der Waals surface area contributed by atoms with Gasteiger partial charge in [-0.05, 0) is 11.0 Å². The van der Waals surface area contributed by atoms with Crippen molar-refractivity contribution in [2.75, 3.05) is 5.88 Å². The molecular weight excluding hydrogens is 253 g/mol. The Morgan fingerprint density at radius 1 is 1.19 bits per heavy atom. The molecule has 0 aromatic heterocycles. The minimum atomic E-state index is -5.74. The van der Waals surface area contributed by atoms with Gasteiger partial charge in [0.25, 0.3) is 0 Å². The van der Waals surface area contributed by atoms with Crippen LogP contribution >= 0.6 is 11.6 Å². The maximum absolute atomic E-state index is 13.0. The minimum absolute atomic E-state index is 0.363. The highest BCUT2D eigenvalue weighted by Crippen LogP contribution is 2.44. The monoisotopic (exact) mass is 266 g/mol. The fourth-order valence-electron chi connectivity index (χ4n) is 1.76. The van der Waals surface area contributed by atoms with Crippen molar-refractivity contribution in [2.24, 2.45) is 0 Å². The van der Waals surface area contributed by atoms with Crippen molar-refractivity contribution < 1.29 is 12.3 Å². The second-order valence-corrected chi connectivity index (χ2v) is 6.42. The van der Waals surface area contributed by atoms with Gasteiger partial charge in [-0.1, -0.05) is 44.2 Å². The van der Waals surface area contributed by atoms with Crippen LogP contribution in [0.25, 0.3) is 0 Å². The lowest BCUT2D eigenvalue weighted by molar-refractivity contribution is 0.370. The fraction of sp³-hybridized carbons (Fsp3) is 0.455. The van der Waals surface area contributed by atoms with E-state index in [-0.39, 0.29) is 5.88 Å². The van der Waals surface area contributed by atoms with Crippen LogP contribution < -0.4 is 0 Å². The first-order valence-electron chi connectivity index (χ1n) is 4.98. The molecule has 0 aliphatic rings. The van der Waals surface area contributed by atoms with Gasteiger partial charge in [-0.25, -0.2) is 12.3 Å². The summed E-state index contributed by atoms with van der Waals surface area (Å²) in [6.45, 7) is 3.21. The number of halogens is 4. The van der Waals surface area contributed by atoms with Gasteiger partial charge in [0.15, 0.2) is 0 Å². The van der Waals surface area contributed by atoms with Gasteiger partial charge in [0.1, 0.15) is 0 Å². The second kappa shape index (κ2) is 4.80. The summed E-state index contributed by atoms with van der Waals surface area (Å²) in [5, 5.41) is 0. The van der Waals surface area contributed by atoms with Gasteiger partial charge in [0.2, 0.25) is 0 Å². The van der Waals surface area contributed by atoms with Gasteiger partial charge in [-0.2, -0.15) is 0 Å². The Labute approximate surface area is 100.0 Å². The summed E-state index contributed by atoms with van der Waals surface area (Å²) in [6, 6.07) is 8.74. The molecule has 0 aliphatic heterocycles. The van der Waals surface area contributed by atoms with Crippen molar-refractivity contribution in [2.45, 2.75) is 24.8 Å². The van der Waals surface area contributed by atoms with Crippen molar-refractivity contribution in [3.05, 3.63) is 35.9 Å². The summed E-state index contributed by atoms with van der Waals surface area (Å²) in [5.74, 6) is -0.363. The molecule has 5 heteroatoms. The molecule has 1 aromatic rings. The van der Waals surface area contributed by atoms with Crippen LogP contribution in [0.3, 0.4) is 0 Å². The molecule has 0 saturated carbocycles. The molecule has 90 valence electrons. The van der Waals surface area contributed by atoms with Crippen LogP contribution in [0, 0.1) is 0 Å². The Balaban J connectivity index is 3.09. The molecule has 0 heterocycles. The Morgan fingerprint density at radius 2 is 1.69 bits per heavy atom. The van der Waals surface area contributed by atoms with Crippen LogP contribution in [-0.4, -0.2) is 15.0 Å². The predicted octanol–water partition coefficient (Wildman–Crippen LogP) is 4.42. The Morgan fingerprint density at radius 3 is 2.06 bits per heavy atom. The highest BCUT2D eigenvalue weighted by atomic mass is 35.5. The molecule has 0 saturated heterocycles. The normalized spacial score (nSPS) is 14.9. The van der Waals surface area contributed by atoms with E-state index in [1.165, 1.54) is 0 Å². The number of benzene rings is 1. The molecule has 0 N–H and O–H groups in total. The van der Waals surface area contributed by atoms with Crippen molar-refractivity contribution in [1.29, 1.82) is 0 Å². The molecule has 1 rings (SSSR count). The molecule has 16 heavy (non-hydrogen) atoms. The number of hydrogen-bond acceptors (Lipinski definition) is 0. The molecule has 0 nitrogen and oxygen atoms in total. The second-order valence-electron chi connectivity index (χ2n) is 4.34. The molecule has 0 fully saturated rings. The number of hydrogen-bond donors (Lipinski definition) is 0. The van der Waals surface area contributed by atoms with E-state index in [1.54, 1.807) is 44.2 Å². The van der Waals surface area contributed by atoms with Crippen molar-refractivity contribution in [3.63, 3.8) is 0 Å². The maximum Gasteiger partial charge on any atom is 0.621 e. The van der Waals surface area contributed by atoms with Crippen LogP contribution in [0.5, 0.6) is 0 Å². The van der Waals surface area contributed by atoms with E-state index in [1.807, 2.05) is 0 Å². The Bertz CT molecular complexity index is 335. The van der Waals surface area contributed by atoms with Gasteiger partial charge in [-0.3, -0.25) is 0 Å². The summed E-state index contributed by atoms with van der Waals surface area (Å²) >= 11 is 5.50. The van der Waals surface area contributed by atoms with Gasteiger partial charge in [0.05, 0.1) is 5.54 Å². The highest BCUT2D eigenvalue weighted by Gasteiger charge is 2.54. The van der Waals surface area contributed by atoms with Crippen LogP contribution in [0.15, 0.2) is 30.3 Å². The van der Waals surface area contributed by atoms with Gasteiger partial charge in [-0.15, -0.1) is 11.6 Å². The smallest absolute Gasteiger partial charge is 0.237 e. The SMILES string of the molecule is CC(C)(c1ccccc1)C(CCl)[Si](F)(F)F. The topological polar surface area (TPSA) is 0 Å². The zero-order valence-corrected chi connectivity index (χ0v) is 10.9. The molecule has 0 aliphatic carbocycles. The lowest BCUT2D eigenvalue weighted by Crippen LogP contribution is -2.39. The molecule has 0 bridgehead atoms. The lowest BCUT2D eigenvalue weighted by Gasteiger charge is -2.33. The fourth-order valence-corrected chi connectivity index (χ4v) is 3.83. The van der Waals surface area contributed by atoms with E-state index in [0.717, 1.165) is 0 Å². The number of rotatable bonds is 4. The van der Waals surface area contributed by atoms with E-state index < -0.39 is 20.0 Å². The molecular formula is C11H14ClF3Si. The largest absolute Gasteiger partial charge is 0.621 e. The van der Waals surface area contributed by atoms with E-state index >= 15 is 0 Å². The summed E-state index contributed by atoms with van der Waals surface area (Å²) in [4.78, 5) is 0. The van der Waals surface area contributed by atoms with Gasteiger partial charge < -0.3 is 0 Å². The Hall–Kier alpha value is -0.483. The van der Waals surface area contributed by atoms with Crippen LogP contribution in [-0.2, 0) is 5.41 Å². The zero-order chi connectivity index (χ0) is 12.4. The molecule has 1 unspecified atom stereocenters. The third kappa shape index (κ3) is 2.80. The van der Waals surface area contributed by atoms with E-state index in [0.29, 0.717) is 5.56 Å². The molecule has 0 radical (unpaired) electrons. The van der Waals surface area contributed by atoms with Crippen LogP contribution in [0.2, 0.25) is 5.54 Å². The predicted molar refractivity (Wildman–Crippen MR) is 63.0 cm³/mol. The van der Waals surface area contributed by atoms with Crippen molar-refractivity contribution in [3.8, 4) is 0 Å². The van der Waals surface area contributed by atoms with Crippen LogP contribution in [0.4, 0.5) is 12.3 Å². The average Bonchev–Trinajstić information content (AvgIpc) is 2.17. The Kier molecular flexibility index (Phi) is 4.07. The molecule has 0 amide bonds. The minimum Gasteiger partial charge on any atom is -0.237 e. The average molecular weight is 267 g/mol. The summed E-state index contributed by atoms with van der Waals surface area (Å²) in [7, 11) is -5.74. The summed E-state index contributed by atoms with van der Waals surface area (Å²) < 4.78 is 38.9. The standard InChI is InChI=1S/C11H14ClF3Si/c1-11(2,9-6-4-3-5-7-9)10(8-12)16(13,14)15/h3-7,10H,8H2,1-2H3. The molecule has 1 aromatic carbocycles. The maximum atomic E-state index is 13.0. The van der Waals surface area contributed by atoms with Gasteiger partial charge in [0, 0.05) is 5.88 Å². The number of alkyl halides is 1. The summed E-state index contributed by atoms with van der Waals surface area (Å²) in [6.07, 6.45) is 0. The first kappa shape index (κ1) is 13.6. The molecule has 1 atom stereocenters. The summed E-state index contributed by atoms with van der Waals surface area (Å²) in [5.41, 5.74) is -1.66. The first-order valence-corrected chi connectivity index (χ1v) is 7.23. The lowest BCUT2D eigenvalue weighted by atomic mass is 9.82. The van der Waals surface area contributed by atoms with Crippen molar-refractivity contribution >= 4 is 20.7 Å². The zero-order valence-electron chi connectivity index (χ0n) is 9.18. The third-order valence-electron chi connectivity index (χ3n) is 2.94. The van der Waals surface area contributed by atoms with E-state index in [4.69, 9.17) is 11.6 Å². The third-order valence-corrected chi connectivity index (χ3v) is 5.22. The van der Waals surface area contributed by atoms with Crippen molar-refractivity contribution in [1.82, 2.24) is 0 Å². The van der Waals surface area contributed by atoms with Crippen LogP contribution in [0.1, 0.15) is 19.4 Å². The van der Waals surface area contributed by atoms with E-state index in [2.05, 4.69) is 0 Å². The quantitative estimate of drug-likeness (QED) is 0.430. The first-order chi connectivity index (χ1) is 7.30. The van der Waals surface area contributed by atoms with Gasteiger partial charge >= 0.3 is 9.08 Å². The van der Waals surface area contributed by atoms with E-state index in [9.17, 15) is 12.3 Å². The highest BCUT2D eigenvalue weighted by molar-refractivity contribution is 6.61.